The van der Waals surface area contributed by atoms with Crippen LogP contribution in [0.5, 0.6) is 0 Å². The third-order valence-electron chi connectivity index (χ3n) is 9.66. The first-order valence-electron chi connectivity index (χ1n) is 15.9. The molecule has 2 aliphatic rings. The first-order chi connectivity index (χ1) is 20.8. The van der Waals surface area contributed by atoms with Crippen molar-refractivity contribution in [2.45, 2.75) is 63.7 Å². The zero-order valence-electron chi connectivity index (χ0n) is 26.6. The molecule has 0 radical (unpaired) electrons. The van der Waals surface area contributed by atoms with Crippen LogP contribution in [0.1, 0.15) is 62.8 Å². The second kappa shape index (κ2) is 11.8. The van der Waals surface area contributed by atoms with E-state index < -0.39 is 18.6 Å². The van der Waals surface area contributed by atoms with Crippen molar-refractivity contribution in [2.75, 3.05) is 14.1 Å². The molecule has 2 aliphatic heterocycles. The molecule has 224 valence electrons. The summed E-state index contributed by atoms with van der Waals surface area (Å²) in [6.07, 6.45) is 2.09. The lowest BCUT2D eigenvalue weighted by atomic mass is 9.75. The van der Waals surface area contributed by atoms with E-state index in [-0.39, 0.29) is 12.1 Å². The van der Waals surface area contributed by atoms with Gasteiger partial charge < -0.3 is 0 Å². The molecule has 1 unspecified atom stereocenters. The smallest absolute Gasteiger partial charge is 0.167 e. The molecule has 0 aromatic heterocycles. The highest BCUT2D eigenvalue weighted by Gasteiger charge is 2.64. The van der Waals surface area contributed by atoms with Crippen LogP contribution in [0.2, 0.25) is 0 Å². The van der Waals surface area contributed by atoms with Crippen molar-refractivity contribution in [3.8, 4) is 0 Å². The van der Waals surface area contributed by atoms with Crippen molar-refractivity contribution in [3.05, 3.63) is 144 Å². The van der Waals surface area contributed by atoms with Gasteiger partial charge in [0, 0.05) is 6.04 Å². The molecule has 1 N–H and O–H groups in total. The van der Waals surface area contributed by atoms with E-state index in [1.165, 1.54) is 22.3 Å². The molecule has 0 aliphatic carbocycles. The van der Waals surface area contributed by atoms with Gasteiger partial charge in [0.25, 0.3) is 0 Å². The Hall–Kier alpha value is -3.01. The first-order valence-corrected chi connectivity index (χ1v) is 17.5. The van der Waals surface area contributed by atoms with E-state index >= 15 is 0 Å². The zero-order valence-corrected chi connectivity index (χ0v) is 27.5. The third kappa shape index (κ3) is 4.84. The predicted octanol–water partition coefficient (Wildman–Crippen LogP) is 9.13. The van der Waals surface area contributed by atoms with Crippen molar-refractivity contribution in [1.29, 1.82) is 0 Å². The van der Waals surface area contributed by atoms with Gasteiger partial charge in [-0.3, -0.25) is 0 Å². The van der Waals surface area contributed by atoms with Gasteiger partial charge in [0.05, 0.1) is 11.6 Å². The number of benzene rings is 4. The highest BCUT2D eigenvalue weighted by Crippen LogP contribution is 2.72. The minimum atomic E-state index is -2.47. The van der Waals surface area contributed by atoms with E-state index in [0.29, 0.717) is 11.8 Å². The molecule has 4 nitrogen and oxygen atoms in total. The molecule has 0 bridgehead atoms. The van der Waals surface area contributed by atoms with Crippen LogP contribution < -0.4 is 5.09 Å². The highest BCUT2D eigenvalue weighted by molar-refractivity contribution is 7.60. The Labute approximate surface area is 259 Å². The van der Waals surface area contributed by atoms with Gasteiger partial charge in [-0.05, 0) is 61.0 Å². The summed E-state index contributed by atoms with van der Waals surface area (Å²) in [6, 6.07) is 44.8. The van der Waals surface area contributed by atoms with Crippen LogP contribution in [-0.2, 0) is 11.1 Å². The maximum atomic E-state index is 6.24. The normalized spacial score (nSPS) is 25.0. The molecule has 43 heavy (non-hydrogen) atoms. The van der Waals surface area contributed by atoms with Crippen LogP contribution in [0, 0.1) is 11.8 Å². The van der Waals surface area contributed by atoms with Crippen LogP contribution in [0.15, 0.2) is 126 Å². The van der Waals surface area contributed by atoms with Crippen LogP contribution in [0.3, 0.4) is 0 Å². The maximum absolute atomic E-state index is 6.24. The average molecular weight is 591 g/mol. The summed E-state index contributed by atoms with van der Waals surface area (Å²) in [4.78, 5) is 0. The molecular formula is C38H47N4P. The topological polar surface area (TPSA) is 30.9 Å². The number of likely N-dealkylation sites (N-methyl/N-ethyl adjacent to an activating group) is 2. The summed E-state index contributed by atoms with van der Waals surface area (Å²) < 4.78 is 11.6. The van der Waals surface area contributed by atoms with Crippen molar-refractivity contribution in [3.63, 3.8) is 0 Å². The van der Waals surface area contributed by atoms with E-state index in [1.807, 2.05) is 0 Å². The van der Waals surface area contributed by atoms with Crippen LogP contribution in [0.25, 0.3) is 0 Å². The van der Waals surface area contributed by atoms with Gasteiger partial charge in [-0.2, -0.15) is 0 Å². The lowest BCUT2D eigenvalue weighted by molar-refractivity contribution is 0.242. The van der Waals surface area contributed by atoms with Gasteiger partial charge in [0.15, 0.2) is 7.51 Å². The summed E-state index contributed by atoms with van der Waals surface area (Å²) >= 11 is 0. The Kier molecular flexibility index (Phi) is 8.26. The van der Waals surface area contributed by atoms with Crippen molar-refractivity contribution in [1.82, 2.24) is 14.4 Å². The SMILES string of the molecule is CC(C)C[C@@H]1N(C)P2(=NC1(c1ccccc1)c1ccccc1)NC(c1ccccc1)(c1ccccc1)[C@H](CC(C)C)N2C. The summed E-state index contributed by atoms with van der Waals surface area (Å²) in [7, 11) is 2.23. The first kappa shape index (κ1) is 30.0. The third-order valence-corrected chi connectivity index (χ3v) is 13.2. The lowest BCUT2D eigenvalue weighted by Crippen LogP contribution is -2.48. The van der Waals surface area contributed by atoms with Crippen molar-refractivity contribution >= 4 is 7.51 Å². The van der Waals surface area contributed by atoms with E-state index in [4.69, 9.17) is 4.74 Å². The van der Waals surface area contributed by atoms with Gasteiger partial charge in [0.2, 0.25) is 0 Å². The molecule has 4 aromatic carbocycles. The summed E-state index contributed by atoms with van der Waals surface area (Å²) in [5, 5.41) is 4.46. The Bertz CT molecular complexity index is 1470. The standard InChI is InChI=1S/C38H47N4P/c1-29(2)27-35-37(31-19-11-7-12-20-31,32-21-13-8-14-22-32)39-43(41(35)5)40-38(33-23-15-9-16-24-33,34-25-17-10-18-26-34)36(42(43)6)28-30(3)4/h7-26,29-30,35-36,39H,27-28H2,1-6H3/t35-,36-,43?/m0/s1. The average Bonchev–Trinajstić information content (AvgIpc) is 3.43. The monoisotopic (exact) mass is 590 g/mol. The van der Waals surface area contributed by atoms with Gasteiger partial charge in [-0.25, -0.2) is 19.2 Å². The van der Waals surface area contributed by atoms with Crippen LogP contribution >= 0.6 is 7.51 Å². The zero-order chi connectivity index (χ0) is 30.2. The number of hydrogen-bond acceptors (Lipinski definition) is 4. The summed E-state index contributed by atoms with van der Waals surface area (Å²) in [5.41, 5.74) is 4.21. The lowest BCUT2D eigenvalue weighted by Gasteiger charge is -2.39. The van der Waals surface area contributed by atoms with Gasteiger partial charge >= 0.3 is 0 Å². The summed E-state index contributed by atoms with van der Waals surface area (Å²) in [6.45, 7) is 9.41. The van der Waals surface area contributed by atoms with E-state index in [0.717, 1.165) is 12.8 Å². The second-order valence-corrected chi connectivity index (χ2v) is 16.1. The summed E-state index contributed by atoms with van der Waals surface area (Å²) in [5.74, 6) is 1.03. The molecule has 0 saturated carbocycles. The minimum absolute atomic E-state index is 0.183. The van der Waals surface area contributed by atoms with Gasteiger partial charge in [0.1, 0.15) is 5.54 Å². The fourth-order valence-electron chi connectivity index (χ4n) is 7.76. The molecule has 0 amide bonds. The fraction of sp³-hybridized carbons (Fsp3) is 0.368. The molecule has 1 saturated heterocycles. The molecule has 1 spiro atoms. The minimum Gasteiger partial charge on any atom is -0.244 e. The van der Waals surface area contributed by atoms with E-state index in [9.17, 15) is 0 Å². The molecule has 1 fully saturated rings. The van der Waals surface area contributed by atoms with Crippen molar-refractivity contribution < 1.29 is 0 Å². The molecule has 3 atom stereocenters. The fourth-order valence-corrected chi connectivity index (χ4v) is 11.8. The Morgan fingerprint density at radius 2 is 0.930 bits per heavy atom. The van der Waals surface area contributed by atoms with Crippen LogP contribution in [0.4, 0.5) is 0 Å². The number of rotatable bonds is 8. The van der Waals surface area contributed by atoms with Gasteiger partial charge in [-0.15, -0.1) is 0 Å². The van der Waals surface area contributed by atoms with Crippen molar-refractivity contribution in [2.24, 2.45) is 16.6 Å². The number of nitrogens with one attached hydrogen (secondary N) is 1. The Balaban J connectivity index is 1.70. The van der Waals surface area contributed by atoms with E-state index in [1.54, 1.807) is 0 Å². The predicted molar refractivity (Wildman–Crippen MR) is 182 cm³/mol. The largest absolute Gasteiger partial charge is 0.244 e. The molecule has 2 heterocycles. The second-order valence-electron chi connectivity index (χ2n) is 13.3. The van der Waals surface area contributed by atoms with Gasteiger partial charge in [-0.1, -0.05) is 149 Å². The quantitative estimate of drug-likeness (QED) is 0.208. The molecule has 4 aromatic rings. The maximum Gasteiger partial charge on any atom is 0.167 e. The highest BCUT2D eigenvalue weighted by atomic mass is 31.2. The number of hydrogen-bond donors (Lipinski definition) is 1. The Morgan fingerprint density at radius 3 is 1.33 bits per heavy atom. The Morgan fingerprint density at radius 1 is 0.581 bits per heavy atom. The van der Waals surface area contributed by atoms with E-state index in [2.05, 4.69) is 178 Å². The van der Waals surface area contributed by atoms with Crippen LogP contribution in [-0.4, -0.2) is 35.5 Å². The molecule has 6 rings (SSSR count). The molecular weight excluding hydrogens is 543 g/mol. The molecule has 5 heteroatoms. The number of nitrogens with zero attached hydrogens (tertiary/aromatic N) is 3.